The van der Waals surface area contributed by atoms with E-state index in [9.17, 15) is 4.39 Å². The molecule has 0 amide bonds. The van der Waals surface area contributed by atoms with Crippen molar-refractivity contribution in [1.29, 1.82) is 0 Å². The number of benzene rings is 1. The van der Waals surface area contributed by atoms with Gasteiger partial charge in [-0.15, -0.1) is 0 Å². The van der Waals surface area contributed by atoms with Crippen molar-refractivity contribution >= 4 is 28.3 Å². The maximum absolute atomic E-state index is 13.0. The molecule has 0 unspecified atom stereocenters. The Morgan fingerprint density at radius 2 is 2.17 bits per heavy atom. The maximum atomic E-state index is 13.0. The lowest BCUT2D eigenvalue weighted by Crippen LogP contribution is -1.96. The highest BCUT2D eigenvalue weighted by atomic mass is 127. The van der Waals surface area contributed by atoms with Gasteiger partial charge in [-0.1, -0.05) is 0 Å². The predicted molar refractivity (Wildman–Crippen MR) is 55.2 cm³/mol. The minimum Gasteiger partial charge on any atom is -0.495 e. The second-order valence-corrected chi connectivity index (χ2v) is 3.38. The first-order chi connectivity index (χ1) is 5.69. The van der Waals surface area contributed by atoms with Crippen molar-refractivity contribution < 1.29 is 9.13 Å². The Labute approximate surface area is 84.3 Å². The molecule has 0 aromatic heterocycles. The molecule has 0 aliphatic heterocycles. The highest BCUT2D eigenvalue weighted by molar-refractivity contribution is 14.1. The van der Waals surface area contributed by atoms with Crippen LogP contribution in [-0.2, 0) is 0 Å². The van der Waals surface area contributed by atoms with Crippen molar-refractivity contribution in [3.05, 3.63) is 21.5 Å². The molecular formula is C8H9FINO. The third kappa shape index (κ3) is 1.80. The number of halogens is 2. The Hall–Kier alpha value is -0.520. The van der Waals surface area contributed by atoms with Gasteiger partial charge in [-0.25, -0.2) is 4.39 Å². The van der Waals surface area contributed by atoms with Crippen LogP contribution in [0.5, 0.6) is 5.75 Å². The van der Waals surface area contributed by atoms with E-state index >= 15 is 0 Å². The molecule has 0 bridgehead atoms. The molecule has 4 heteroatoms. The van der Waals surface area contributed by atoms with Crippen LogP contribution in [-0.4, -0.2) is 14.2 Å². The van der Waals surface area contributed by atoms with E-state index in [2.05, 4.69) is 5.32 Å². The van der Waals surface area contributed by atoms with Crippen molar-refractivity contribution in [2.45, 2.75) is 0 Å². The summed E-state index contributed by atoms with van der Waals surface area (Å²) >= 11 is 1.92. The molecule has 0 atom stereocenters. The van der Waals surface area contributed by atoms with Gasteiger partial charge in [0.1, 0.15) is 11.6 Å². The molecule has 1 rings (SSSR count). The van der Waals surface area contributed by atoms with Gasteiger partial charge < -0.3 is 10.1 Å². The highest BCUT2D eigenvalue weighted by Crippen LogP contribution is 2.27. The molecule has 0 fully saturated rings. The van der Waals surface area contributed by atoms with Crippen molar-refractivity contribution in [1.82, 2.24) is 0 Å². The molecule has 2 nitrogen and oxygen atoms in total. The van der Waals surface area contributed by atoms with Crippen LogP contribution >= 0.6 is 22.6 Å². The van der Waals surface area contributed by atoms with E-state index in [-0.39, 0.29) is 5.82 Å². The molecule has 1 aromatic rings. The summed E-state index contributed by atoms with van der Waals surface area (Å²) in [6.45, 7) is 0. The Balaban J connectivity index is 3.19. The third-order valence-electron chi connectivity index (χ3n) is 1.51. The normalized spacial score (nSPS) is 9.67. The first-order valence-electron chi connectivity index (χ1n) is 3.40. The Bertz CT molecular complexity index is 262. The summed E-state index contributed by atoms with van der Waals surface area (Å²) < 4.78 is 18.6. The number of ether oxygens (including phenoxy) is 1. The van der Waals surface area contributed by atoms with Crippen molar-refractivity contribution in [2.75, 3.05) is 19.5 Å². The average molecular weight is 281 g/mol. The average Bonchev–Trinajstić information content (AvgIpc) is 2.09. The van der Waals surface area contributed by atoms with E-state index in [1.54, 1.807) is 20.2 Å². The molecule has 12 heavy (non-hydrogen) atoms. The SMILES string of the molecule is CNc1cc(F)c(I)cc1OC. The number of hydrogen-bond donors (Lipinski definition) is 1. The van der Waals surface area contributed by atoms with Gasteiger partial charge in [-0.05, 0) is 28.7 Å². The lowest BCUT2D eigenvalue weighted by Gasteiger charge is -2.08. The first-order valence-corrected chi connectivity index (χ1v) is 4.47. The van der Waals surface area contributed by atoms with Crippen molar-refractivity contribution in [2.24, 2.45) is 0 Å². The summed E-state index contributed by atoms with van der Waals surface area (Å²) in [5, 5.41) is 2.85. The third-order valence-corrected chi connectivity index (χ3v) is 2.34. The van der Waals surface area contributed by atoms with Crippen molar-refractivity contribution in [3.8, 4) is 5.75 Å². The summed E-state index contributed by atoms with van der Waals surface area (Å²) in [6, 6.07) is 3.07. The summed E-state index contributed by atoms with van der Waals surface area (Å²) in [6.07, 6.45) is 0. The van der Waals surface area contributed by atoms with Gasteiger partial charge in [0.05, 0.1) is 16.4 Å². The first kappa shape index (κ1) is 9.57. The predicted octanol–water partition coefficient (Wildman–Crippen LogP) is 2.48. The van der Waals surface area contributed by atoms with E-state index in [1.807, 2.05) is 22.6 Å². The highest BCUT2D eigenvalue weighted by Gasteiger charge is 2.06. The van der Waals surface area contributed by atoms with Crippen LogP contribution in [0, 0.1) is 9.39 Å². The molecule has 0 heterocycles. The van der Waals surface area contributed by atoms with Crippen LogP contribution in [0.3, 0.4) is 0 Å². The fraction of sp³-hybridized carbons (Fsp3) is 0.250. The van der Waals surface area contributed by atoms with E-state index in [0.29, 0.717) is 15.0 Å². The smallest absolute Gasteiger partial charge is 0.143 e. The second-order valence-electron chi connectivity index (χ2n) is 2.22. The molecule has 0 aliphatic carbocycles. The Kier molecular flexibility index (Phi) is 3.13. The lowest BCUT2D eigenvalue weighted by molar-refractivity contribution is 0.415. The van der Waals surface area contributed by atoms with E-state index in [4.69, 9.17) is 4.74 Å². The molecule has 66 valence electrons. The maximum Gasteiger partial charge on any atom is 0.143 e. The van der Waals surface area contributed by atoms with E-state index in [0.717, 1.165) is 0 Å². The standard InChI is InChI=1S/C8H9FINO/c1-11-7-3-5(9)6(10)4-8(7)12-2/h3-4,11H,1-2H3. The van der Waals surface area contributed by atoms with Crippen LogP contribution in [0.15, 0.2) is 12.1 Å². The van der Waals surface area contributed by atoms with Gasteiger partial charge in [0.2, 0.25) is 0 Å². The molecule has 0 spiro atoms. The number of hydrogen-bond acceptors (Lipinski definition) is 2. The molecule has 1 N–H and O–H groups in total. The molecule has 0 saturated carbocycles. The zero-order valence-corrected chi connectivity index (χ0v) is 8.98. The summed E-state index contributed by atoms with van der Waals surface area (Å²) in [5.74, 6) is 0.420. The molecule has 0 aliphatic rings. The zero-order chi connectivity index (χ0) is 9.14. The Morgan fingerprint density at radius 3 is 2.67 bits per heavy atom. The summed E-state index contributed by atoms with van der Waals surface area (Å²) in [5.41, 5.74) is 0.662. The summed E-state index contributed by atoms with van der Waals surface area (Å²) in [4.78, 5) is 0. The van der Waals surface area contributed by atoms with Gasteiger partial charge in [-0.3, -0.25) is 0 Å². The van der Waals surface area contributed by atoms with Gasteiger partial charge in [0.15, 0.2) is 0 Å². The molecular weight excluding hydrogens is 272 g/mol. The van der Waals surface area contributed by atoms with Crippen LogP contribution in [0.1, 0.15) is 0 Å². The van der Waals surface area contributed by atoms with Gasteiger partial charge >= 0.3 is 0 Å². The summed E-state index contributed by atoms with van der Waals surface area (Å²) in [7, 11) is 3.29. The minimum atomic E-state index is -0.235. The zero-order valence-electron chi connectivity index (χ0n) is 6.82. The van der Waals surface area contributed by atoms with Crippen LogP contribution in [0.4, 0.5) is 10.1 Å². The second kappa shape index (κ2) is 3.93. The number of anilines is 1. The number of nitrogens with one attached hydrogen (secondary N) is 1. The van der Waals surface area contributed by atoms with Gasteiger partial charge in [0, 0.05) is 13.1 Å². The van der Waals surface area contributed by atoms with Gasteiger partial charge in [-0.2, -0.15) is 0 Å². The fourth-order valence-corrected chi connectivity index (χ4v) is 1.33. The van der Waals surface area contributed by atoms with Crippen LogP contribution in [0.2, 0.25) is 0 Å². The minimum absolute atomic E-state index is 0.235. The van der Waals surface area contributed by atoms with Crippen LogP contribution < -0.4 is 10.1 Å². The molecule has 0 radical (unpaired) electrons. The van der Waals surface area contributed by atoms with Crippen molar-refractivity contribution in [3.63, 3.8) is 0 Å². The topological polar surface area (TPSA) is 21.3 Å². The van der Waals surface area contributed by atoms with Gasteiger partial charge in [0.25, 0.3) is 0 Å². The number of rotatable bonds is 2. The monoisotopic (exact) mass is 281 g/mol. The van der Waals surface area contributed by atoms with Crippen LogP contribution in [0.25, 0.3) is 0 Å². The molecule has 0 saturated heterocycles. The largest absolute Gasteiger partial charge is 0.495 e. The molecule has 1 aromatic carbocycles. The lowest BCUT2D eigenvalue weighted by atomic mass is 10.3. The fourth-order valence-electron chi connectivity index (χ4n) is 0.893. The number of methoxy groups -OCH3 is 1. The van der Waals surface area contributed by atoms with E-state index in [1.165, 1.54) is 6.07 Å². The quantitative estimate of drug-likeness (QED) is 0.841. The van der Waals surface area contributed by atoms with E-state index < -0.39 is 0 Å². The Morgan fingerprint density at radius 1 is 1.50 bits per heavy atom.